The summed E-state index contributed by atoms with van der Waals surface area (Å²) in [5, 5.41) is 3.81. The molecule has 0 saturated carbocycles. The first-order chi connectivity index (χ1) is 11.2. The topological polar surface area (TPSA) is 87.5 Å². The van der Waals surface area contributed by atoms with E-state index in [0.717, 1.165) is 11.0 Å². The molecule has 0 aliphatic heterocycles. The number of fused-ring (bicyclic) bond motifs is 3. The van der Waals surface area contributed by atoms with Gasteiger partial charge in [0.05, 0.1) is 11.0 Å². The molecule has 0 unspecified atom stereocenters. The van der Waals surface area contributed by atoms with Gasteiger partial charge >= 0.3 is 0 Å². The van der Waals surface area contributed by atoms with E-state index >= 15 is 0 Å². The second kappa shape index (κ2) is 5.03. The van der Waals surface area contributed by atoms with Gasteiger partial charge in [0.1, 0.15) is 18.5 Å². The summed E-state index contributed by atoms with van der Waals surface area (Å²) in [6.45, 7) is 0.232. The van der Waals surface area contributed by atoms with Crippen LogP contribution in [0.25, 0.3) is 28.1 Å². The SMILES string of the molecule is COCc1noc(-c2ncn3c2c(=O)n(C)c2ccccc23)n1. The Bertz CT molecular complexity index is 1080. The van der Waals surface area contributed by atoms with Gasteiger partial charge in [-0.3, -0.25) is 9.20 Å². The molecule has 23 heavy (non-hydrogen) atoms. The van der Waals surface area contributed by atoms with Crippen LogP contribution in [0, 0.1) is 0 Å². The molecule has 4 aromatic rings. The fraction of sp³-hybridized carbons (Fsp3) is 0.200. The van der Waals surface area contributed by atoms with Gasteiger partial charge in [0.25, 0.3) is 11.4 Å². The molecular formula is C15H13N5O3. The van der Waals surface area contributed by atoms with Crippen LogP contribution < -0.4 is 5.56 Å². The Hall–Kier alpha value is -3.00. The molecule has 0 N–H and O–H groups in total. The second-order valence-electron chi connectivity index (χ2n) is 5.11. The summed E-state index contributed by atoms with van der Waals surface area (Å²) in [5.41, 5.74) is 2.28. The Morgan fingerprint density at radius 1 is 1.26 bits per heavy atom. The summed E-state index contributed by atoms with van der Waals surface area (Å²) in [4.78, 5) is 21.2. The number of hydrogen-bond acceptors (Lipinski definition) is 6. The summed E-state index contributed by atoms with van der Waals surface area (Å²) < 4.78 is 13.5. The van der Waals surface area contributed by atoms with Crippen LogP contribution in [0.5, 0.6) is 0 Å². The highest BCUT2D eigenvalue weighted by molar-refractivity contribution is 5.83. The minimum atomic E-state index is -0.178. The standard InChI is InChI=1S/C15H13N5O3/c1-19-9-5-3-4-6-10(9)20-8-16-12(13(20)15(19)21)14-17-11(7-22-2)18-23-14/h3-6,8H,7H2,1-2H3. The van der Waals surface area contributed by atoms with Crippen molar-refractivity contribution in [2.24, 2.45) is 7.05 Å². The molecule has 3 heterocycles. The Kier molecular flexibility index (Phi) is 2.98. The maximum absolute atomic E-state index is 12.7. The first-order valence-corrected chi connectivity index (χ1v) is 6.97. The molecule has 0 fully saturated rings. The van der Waals surface area contributed by atoms with Crippen LogP contribution >= 0.6 is 0 Å². The number of methoxy groups -OCH3 is 1. The van der Waals surface area contributed by atoms with Crippen LogP contribution in [0.15, 0.2) is 39.9 Å². The maximum atomic E-state index is 12.7. The molecule has 8 heteroatoms. The molecule has 0 bridgehead atoms. The molecule has 4 rings (SSSR count). The van der Waals surface area contributed by atoms with Crippen molar-refractivity contribution in [1.82, 2.24) is 24.1 Å². The molecule has 116 valence electrons. The Balaban J connectivity index is 2.04. The van der Waals surface area contributed by atoms with E-state index < -0.39 is 0 Å². The third-order valence-electron chi connectivity index (χ3n) is 3.72. The van der Waals surface area contributed by atoms with E-state index in [1.807, 2.05) is 24.3 Å². The van der Waals surface area contributed by atoms with Crippen LogP contribution in [0.2, 0.25) is 0 Å². The van der Waals surface area contributed by atoms with E-state index in [-0.39, 0.29) is 18.1 Å². The number of benzene rings is 1. The lowest BCUT2D eigenvalue weighted by molar-refractivity contribution is 0.174. The van der Waals surface area contributed by atoms with Crippen molar-refractivity contribution >= 4 is 16.6 Å². The average Bonchev–Trinajstić information content (AvgIpc) is 3.19. The highest BCUT2D eigenvalue weighted by Crippen LogP contribution is 2.22. The number of aromatic nitrogens is 5. The maximum Gasteiger partial charge on any atom is 0.279 e. The zero-order valence-corrected chi connectivity index (χ0v) is 12.6. The highest BCUT2D eigenvalue weighted by Gasteiger charge is 2.19. The molecule has 0 radical (unpaired) electrons. The van der Waals surface area contributed by atoms with Crippen LogP contribution in [0.1, 0.15) is 5.82 Å². The summed E-state index contributed by atoms with van der Waals surface area (Å²) >= 11 is 0. The van der Waals surface area contributed by atoms with E-state index in [4.69, 9.17) is 9.26 Å². The number of aryl methyl sites for hydroxylation is 1. The average molecular weight is 311 g/mol. The minimum Gasteiger partial charge on any atom is -0.377 e. The molecule has 0 saturated heterocycles. The molecule has 0 amide bonds. The molecule has 0 aliphatic rings. The van der Waals surface area contributed by atoms with Gasteiger partial charge in [-0.15, -0.1) is 0 Å². The van der Waals surface area contributed by atoms with Crippen LogP contribution in [-0.2, 0) is 18.4 Å². The largest absolute Gasteiger partial charge is 0.377 e. The lowest BCUT2D eigenvalue weighted by atomic mass is 10.2. The summed E-state index contributed by atoms with van der Waals surface area (Å²) in [7, 11) is 3.27. The Morgan fingerprint density at radius 2 is 2.04 bits per heavy atom. The van der Waals surface area contributed by atoms with E-state index in [0.29, 0.717) is 17.0 Å². The van der Waals surface area contributed by atoms with Gasteiger partial charge in [-0.2, -0.15) is 4.98 Å². The minimum absolute atomic E-state index is 0.178. The molecule has 0 spiro atoms. The third-order valence-corrected chi connectivity index (χ3v) is 3.72. The Morgan fingerprint density at radius 3 is 2.83 bits per heavy atom. The van der Waals surface area contributed by atoms with Crippen molar-refractivity contribution < 1.29 is 9.26 Å². The van der Waals surface area contributed by atoms with E-state index in [1.54, 1.807) is 29.5 Å². The van der Waals surface area contributed by atoms with Crippen LogP contribution in [0.3, 0.4) is 0 Å². The monoisotopic (exact) mass is 311 g/mol. The lowest BCUT2D eigenvalue weighted by Gasteiger charge is -2.07. The Labute approximate surface area is 129 Å². The van der Waals surface area contributed by atoms with Gasteiger partial charge in [0, 0.05) is 14.2 Å². The van der Waals surface area contributed by atoms with Gasteiger partial charge in [0.2, 0.25) is 0 Å². The van der Waals surface area contributed by atoms with Crippen molar-refractivity contribution in [3.05, 3.63) is 46.8 Å². The zero-order chi connectivity index (χ0) is 16.0. The fourth-order valence-corrected chi connectivity index (χ4v) is 2.65. The van der Waals surface area contributed by atoms with Crippen LogP contribution in [0.4, 0.5) is 0 Å². The molecular weight excluding hydrogens is 298 g/mol. The first kappa shape index (κ1) is 13.6. The van der Waals surface area contributed by atoms with Gasteiger partial charge in [-0.1, -0.05) is 17.3 Å². The molecule has 1 aromatic carbocycles. The fourth-order valence-electron chi connectivity index (χ4n) is 2.65. The summed E-state index contributed by atoms with van der Waals surface area (Å²) in [6.07, 6.45) is 1.59. The second-order valence-corrected chi connectivity index (χ2v) is 5.11. The van der Waals surface area contributed by atoms with Crippen molar-refractivity contribution in [2.45, 2.75) is 6.61 Å². The van der Waals surface area contributed by atoms with Crippen molar-refractivity contribution in [2.75, 3.05) is 7.11 Å². The van der Waals surface area contributed by atoms with E-state index in [9.17, 15) is 4.79 Å². The molecule has 0 atom stereocenters. The number of para-hydroxylation sites is 2. The zero-order valence-electron chi connectivity index (χ0n) is 12.6. The van der Waals surface area contributed by atoms with Gasteiger partial charge < -0.3 is 13.8 Å². The summed E-state index contributed by atoms with van der Waals surface area (Å²) in [6, 6.07) is 7.62. The number of hydrogen-bond donors (Lipinski definition) is 0. The van der Waals surface area contributed by atoms with Crippen molar-refractivity contribution in [3.63, 3.8) is 0 Å². The van der Waals surface area contributed by atoms with Gasteiger partial charge in [0.15, 0.2) is 11.5 Å². The summed E-state index contributed by atoms with van der Waals surface area (Å²) in [5.74, 6) is 0.605. The van der Waals surface area contributed by atoms with E-state index in [2.05, 4.69) is 15.1 Å². The van der Waals surface area contributed by atoms with Gasteiger partial charge in [-0.25, -0.2) is 4.98 Å². The van der Waals surface area contributed by atoms with Gasteiger partial charge in [-0.05, 0) is 12.1 Å². The predicted octanol–water partition coefficient (Wildman–Crippen LogP) is 1.38. The molecule has 8 nitrogen and oxygen atoms in total. The predicted molar refractivity (Wildman–Crippen MR) is 81.9 cm³/mol. The smallest absolute Gasteiger partial charge is 0.279 e. The van der Waals surface area contributed by atoms with Crippen LogP contribution in [-0.4, -0.2) is 31.2 Å². The number of imidazole rings is 1. The molecule has 3 aromatic heterocycles. The van der Waals surface area contributed by atoms with E-state index in [1.165, 1.54) is 0 Å². The highest BCUT2D eigenvalue weighted by atomic mass is 16.5. The number of ether oxygens (including phenoxy) is 1. The lowest BCUT2D eigenvalue weighted by Crippen LogP contribution is -2.19. The third kappa shape index (κ3) is 1.95. The normalized spacial score (nSPS) is 11.6. The molecule has 0 aliphatic carbocycles. The first-order valence-electron chi connectivity index (χ1n) is 6.97. The number of nitrogens with zero attached hydrogens (tertiary/aromatic N) is 5. The van der Waals surface area contributed by atoms with Crippen molar-refractivity contribution in [3.8, 4) is 11.6 Å². The quantitative estimate of drug-likeness (QED) is 0.568. The van der Waals surface area contributed by atoms with Crippen molar-refractivity contribution in [1.29, 1.82) is 0 Å². The number of rotatable bonds is 3.